The van der Waals surface area contributed by atoms with E-state index in [0.717, 1.165) is 23.9 Å². The zero-order valence-corrected chi connectivity index (χ0v) is 21.5. The van der Waals surface area contributed by atoms with Crippen molar-refractivity contribution >= 4 is 23.6 Å². The van der Waals surface area contributed by atoms with Gasteiger partial charge in [0, 0.05) is 19.6 Å². The Kier molecular flexibility index (Phi) is 7.72. The van der Waals surface area contributed by atoms with Gasteiger partial charge in [-0.15, -0.1) is 0 Å². The number of rotatable bonds is 4. The standard InChI is InChI=1S/C16H16F3N3O2.C8H8F3N3O2/c1-10-13(15(23)24-2)14-21(6-7-22(14)20-10)9-11-4-3-5-12(8-11)16(17,18)19;1-16-7(15)4-5(8(9,10)11)13-14-3-2-12-6(4)14/h3-5,8H,6-7,9H2,1-2H3;12H,2-3H2,1H3. The van der Waals surface area contributed by atoms with Gasteiger partial charge in [0.05, 0.1) is 38.6 Å². The number of hydrogen-bond donors (Lipinski definition) is 1. The summed E-state index contributed by atoms with van der Waals surface area (Å²) in [5.74, 6) is -0.872. The highest BCUT2D eigenvalue weighted by Crippen LogP contribution is 2.36. The Hall–Kier alpha value is -4.24. The van der Waals surface area contributed by atoms with Gasteiger partial charge in [0.15, 0.2) is 5.69 Å². The van der Waals surface area contributed by atoms with Crippen molar-refractivity contribution in [2.75, 3.05) is 37.5 Å². The molecule has 2 aromatic heterocycles. The second kappa shape index (κ2) is 10.7. The van der Waals surface area contributed by atoms with Crippen molar-refractivity contribution in [1.29, 1.82) is 0 Å². The average molecular weight is 574 g/mol. The first-order valence-corrected chi connectivity index (χ1v) is 11.8. The summed E-state index contributed by atoms with van der Waals surface area (Å²) >= 11 is 0. The molecule has 216 valence electrons. The van der Waals surface area contributed by atoms with Gasteiger partial charge >= 0.3 is 24.3 Å². The molecule has 4 heterocycles. The van der Waals surface area contributed by atoms with E-state index in [1.165, 1.54) is 13.2 Å². The molecule has 0 fully saturated rings. The third-order valence-corrected chi connectivity index (χ3v) is 6.23. The Bertz CT molecular complexity index is 1430. The summed E-state index contributed by atoms with van der Waals surface area (Å²) in [6, 6.07) is 5.20. The maximum Gasteiger partial charge on any atom is 0.436 e. The van der Waals surface area contributed by atoms with Crippen LogP contribution in [0.1, 0.15) is 43.2 Å². The number of hydrogen-bond acceptors (Lipinski definition) is 8. The van der Waals surface area contributed by atoms with E-state index in [1.807, 2.05) is 4.90 Å². The van der Waals surface area contributed by atoms with E-state index in [2.05, 4.69) is 20.3 Å². The Balaban J connectivity index is 0.000000201. The van der Waals surface area contributed by atoms with E-state index in [1.54, 1.807) is 17.7 Å². The molecule has 0 aliphatic carbocycles. The van der Waals surface area contributed by atoms with Gasteiger partial charge in [0.25, 0.3) is 0 Å². The van der Waals surface area contributed by atoms with E-state index in [4.69, 9.17) is 4.74 Å². The van der Waals surface area contributed by atoms with E-state index in [0.29, 0.717) is 48.8 Å². The SMILES string of the molecule is COC(=O)c1c(C(F)(F)F)nn2c1NCC2.COC(=O)c1c(C)nn2c1N(Cc1cccc(C(F)(F)F)c1)CC2. The zero-order chi connectivity index (χ0) is 29.4. The van der Waals surface area contributed by atoms with E-state index in [-0.39, 0.29) is 12.4 Å². The number of carbonyl (C=O) groups excluding carboxylic acids is 2. The average Bonchev–Trinajstić information content (AvgIpc) is 3.64. The van der Waals surface area contributed by atoms with Gasteiger partial charge in [0.1, 0.15) is 22.8 Å². The first kappa shape index (κ1) is 28.8. The molecule has 2 aliphatic rings. The highest BCUT2D eigenvalue weighted by molar-refractivity contribution is 5.97. The summed E-state index contributed by atoms with van der Waals surface area (Å²) in [5, 5.41) is 10.3. The molecule has 0 saturated heterocycles. The zero-order valence-electron chi connectivity index (χ0n) is 21.5. The van der Waals surface area contributed by atoms with Crippen LogP contribution in [0, 0.1) is 6.92 Å². The van der Waals surface area contributed by atoms with Gasteiger partial charge in [-0.05, 0) is 24.6 Å². The van der Waals surface area contributed by atoms with Crippen LogP contribution in [0.4, 0.5) is 38.0 Å². The monoisotopic (exact) mass is 574 g/mol. The topological polar surface area (TPSA) is 104 Å². The number of ether oxygens (including phenoxy) is 2. The molecule has 3 aromatic rings. The number of nitrogens with zero attached hydrogens (tertiary/aromatic N) is 5. The molecule has 0 unspecified atom stereocenters. The maximum absolute atomic E-state index is 12.9. The molecule has 1 N–H and O–H groups in total. The van der Waals surface area contributed by atoms with Crippen molar-refractivity contribution in [2.45, 2.75) is 38.9 Å². The lowest BCUT2D eigenvalue weighted by Gasteiger charge is -2.19. The van der Waals surface area contributed by atoms with Crippen LogP contribution in [0.2, 0.25) is 0 Å². The number of alkyl halides is 6. The maximum atomic E-state index is 12.9. The van der Waals surface area contributed by atoms with E-state index < -0.39 is 41.1 Å². The fourth-order valence-corrected chi connectivity index (χ4v) is 4.51. The summed E-state index contributed by atoms with van der Waals surface area (Å²) in [5.41, 5.74) is -1.01. The summed E-state index contributed by atoms with van der Waals surface area (Å²) in [4.78, 5) is 25.1. The minimum absolute atomic E-state index is 0.0687. The van der Waals surface area contributed by atoms with Crippen molar-refractivity contribution in [3.63, 3.8) is 0 Å². The molecular weight excluding hydrogens is 550 g/mol. The highest BCUT2D eigenvalue weighted by Gasteiger charge is 2.43. The summed E-state index contributed by atoms with van der Waals surface area (Å²) < 4.78 is 88.2. The molecular formula is C24H24F6N6O4. The second-order valence-electron chi connectivity index (χ2n) is 8.83. The normalized spacial score (nSPS) is 14.2. The smallest absolute Gasteiger partial charge is 0.436 e. The number of aromatic nitrogens is 4. The Morgan fingerprint density at radius 3 is 2.23 bits per heavy atom. The molecule has 10 nitrogen and oxygen atoms in total. The van der Waals surface area contributed by atoms with Crippen LogP contribution < -0.4 is 10.2 Å². The molecule has 0 spiro atoms. The summed E-state index contributed by atoms with van der Waals surface area (Å²) in [7, 11) is 2.32. The minimum atomic E-state index is -4.66. The van der Waals surface area contributed by atoms with E-state index >= 15 is 0 Å². The predicted molar refractivity (Wildman–Crippen MR) is 128 cm³/mol. The fraction of sp³-hybridized carbons (Fsp3) is 0.417. The van der Waals surface area contributed by atoms with Gasteiger partial charge in [-0.25, -0.2) is 19.0 Å². The van der Waals surface area contributed by atoms with Crippen LogP contribution in [0.5, 0.6) is 0 Å². The van der Waals surface area contributed by atoms with E-state index in [9.17, 15) is 35.9 Å². The molecule has 0 saturated carbocycles. The number of anilines is 2. The van der Waals surface area contributed by atoms with Crippen LogP contribution >= 0.6 is 0 Å². The van der Waals surface area contributed by atoms with Crippen LogP contribution in [0.3, 0.4) is 0 Å². The van der Waals surface area contributed by atoms with Gasteiger partial charge < -0.3 is 19.7 Å². The Morgan fingerprint density at radius 1 is 0.925 bits per heavy atom. The number of nitrogens with one attached hydrogen (secondary N) is 1. The van der Waals surface area contributed by atoms with Crippen LogP contribution in [-0.2, 0) is 41.5 Å². The van der Waals surface area contributed by atoms with Crippen LogP contribution in [0.25, 0.3) is 0 Å². The first-order chi connectivity index (χ1) is 18.8. The summed E-state index contributed by atoms with van der Waals surface area (Å²) in [6.45, 7) is 3.87. The molecule has 0 radical (unpaired) electrons. The van der Waals surface area contributed by atoms with Crippen molar-refractivity contribution in [2.24, 2.45) is 0 Å². The van der Waals surface area contributed by atoms with Crippen LogP contribution in [-0.4, -0.2) is 58.8 Å². The Morgan fingerprint density at radius 2 is 1.60 bits per heavy atom. The predicted octanol–water partition coefficient (Wildman–Crippen LogP) is 4.13. The number of carbonyl (C=O) groups is 2. The van der Waals surface area contributed by atoms with Crippen molar-refractivity contribution in [3.05, 3.63) is 57.9 Å². The van der Waals surface area contributed by atoms with Gasteiger partial charge in [-0.2, -0.15) is 36.5 Å². The summed E-state index contributed by atoms with van der Waals surface area (Å²) in [6.07, 6.45) is -9.04. The number of aryl methyl sites for hydroxylation is 1. The first-order valence-electron chi connectivity index (χ1n) is 11.8. The number of benzene rings is 1. The number of halogens is 6. The lowest BCUT2D eigenvalue weighted by atomic mass is 10.1. The number of fused-ring (bicyclic) bond motifs is 2. The molecule has 16 heteroatoms. The third-order valence-electron chi connectivity index (χ3n) is 6.23. The fourth-order valence-electron chi connectivity index (χ4n) is 4.51. The molecule has 1 aromatic carbocycles. The lowest BCUT2D eigenvalue weighted by molar-refractivity contribution is -0.142. The molecule has 2 aliphatic heterocycles. The second-order valence-corrected chi connectivity index (χ2v) is 8.83. The van der Waals surface area contributed by atoms with Crippen LogP contribution in [0.15, 0.2) is 24.3 Å². The third kappa shape index (κ3) is 5.56. The number of methoxy groups -OCH3 is 2. The quantitative estimate of drug-likeness (QED) is 0.367. The Labute approximate surface area is 223 Å². The van der Waals surface area contributed by atoms with Gasteiger partial charge in [-0.1, -0.05) is 12.1 Å². The number of esters is 2. The van der Waals surface area contributed by atoms with Crippen molar-refractivity contribution in [1.82, 2.24) is 19.6 Å². The van der Waals surface area contributed by atoms with Crippen molar-refractivity contribution in [3.8, 4) is 0 Å². The molecule has 5 rings (SSSR count). The minimum Gasteiger partial charge on any atom is -0.465 e. The molecule has 0 amide bonds. The van der Waals surface area contributed by atoms with Gasteiger partial charge in [0.2, 0.25) is 0 Å². The molecule has 0 atom stereocenters. The molecule has 40 heavy (non-hydrogen) atoms. The highest BCUT2D eigenvalue weighted by atomic mass is 19.4. The molecule has 0 bridgehead atoms. The largest absolute Gasteiger partial charge is 0.465 e. The van der Waals surface area contributed by atoms with Crippen molar-refractivity contribution < 1.29 is 45.4 Å². The lowest BCUT2D eigenvalue weighted by Crippen LogP contribution is -2.22. The van der Waals surface area contributed by atoms with Gasteiger partial charge in [-0.3, -0.25) is 0 Å².